The highest BCUT2D eigenvalue weighted by Crippen LogP contribution is 2.14. The number of anilines is 1. The second-order valence-corrected chi connectivity index (χ2v) is 4.01. The fourth-order valence-corrected chi connectivity index (χ4v) is 1.81. The Kier molecular flexibility index (Phi) is 3.20. The number of aromatic nitrogens is 1. The van der Waals surface area contributed by atoms with Crippen LogP contribution in [0, 0.1) is 6.92 Å². The van der Waals surface area contributed by atoms with Crippen LogP contribution in [0.15, 0.2) is 42.6 Å². The van der Waals surface area contributed by atoms with E-state index in [4.69, 9.17) is 5.73 Å². The summed E-state index contributed by atoms with van der Waals surface area (Å²) in [4.78, 5) is 4.32. The van der Waals surface area contributed by atoms with Crippen LogP contribution in [0.4, 0.5) is 5.69 Å². The molecule has 0 aliphatic rings. The Morgan fingerprint density at radius 3 is 2.69 bits per heavy atom. The van der Waals surface area contributed by atoms with Crippen molar-refractivity contribution >= 4 is 5.69 Å². The summed E-state index contributed by atoms with van der Waals surface area (Å²) < 4.78 is 0. The molecule has 16 heavy (non-hydrogen) atoms. The lowest BCUT2D eigenvalue weighted by Crippen LogP contribution is -1.97. The molecule has 2 rings (SSSR count). The van der Waals surface area contributed by atoms with Crippen molar-refractivity contribution in [3.05, 3.63) is 59.4 Å². The third-order valence-corrected chi connectivity index (χ3v) is 2.74. The van der Waals surface area contributed by atoms with Crippen molar-refractivity contribution < 1.29 is 0 Å². The highest BCUT2D eigenvalue weighted by Gasteiger charge is 2.00. The number of nitrogens with two attached hydrogens (primary N) is 1. The number of nitrogen functional groups attached to an aromatic ring is 1. The molecular formula is C14H16N2. The molecule has 2 aromatic rings. The maximum absolute atomic E-state index is 5.72. The van der Waals surface area contributed by atoms with Gasteiger partial charge in [0.2, 0.25) is 0 Å². The lowest BCUT2D eigenvalue weighted by atomic mass is 10.0. The van der Waals surface area contributed by atoms with Crippen LogP contribution in [0.1, 0.15) is 16.8 Å². The zero-order valence-electron chi connectivity index (χ0n) is 9.48. The van der Waals surface area contributed by atoms with E-state index in [1.807, 2.05) is 30.5 Å². The summed E-state index contributed by atoms with van der Waals surface area (Å²) in [5, 5.41) is 0. The van der Waals surface area contributed by atoms with E-state index in [0.717, 1.165) is 24.2 Å². The summed E-state index contributed by atoms with van der Waals surface area (Å²) in [6.45, 7) is 2.10. The zero-order valence-corrected chi connectivity index (χ0v) is 9.48. The Hall–Kier alpha value is -1.83. The van der Waals surface area contributed by atoms with Gasteiger partial charge in [-0.2, -0.15) is 0 Å². The van der Waals surface area contributed by atoms with Gasteiger partial charge in [0.15, 0.2) is 0 Å². The van der Waals surface area contributed by atoms with Crippen molar-refractivity contribution in [3.63, 3.8) is 0 Å². The Bertz CT molecular complexity index is 463. The maximum Gasteiger partial charge on any atom is 0.0406 e. The number of hydrogen-bond donors (Lipinski definition) is 1. The van der Waals surface area contributed by atoms with Crippen LogP contribution in [0.5, 0.6) is 0 Å². The van der Waals surface area contributed by atoms with E-state index in [1.54, 1.807) is 0 Å². The van der Waals surface area contributed by atoms with Gasteiger partial charge >= 0.3 is 0 Å². The summed E-state index contributed by atoms with van der Waals surface area (Å²) >= 11 is 0. The second kappa shape index (κ2) is 4.79. The number of hydrogen-bond acceptors (Lipinski definition) is 2. The van der Waals surface area contributed by atoms with E-state index < -0.39 is 0 Å². The summed E-state index contributed by atoms with van der Waals surface area (Å²) in [5.41, 5.74) is 10.3. The first-order chi connectivity index (χ1) is 7.75. The predicted molar refractivity (Wildman–Crippen MR) is 67.2 cm³/mol. The van der Waals surface area contributed by atoms with Gasteiger partial charge in [0.05, 0.1) is 0 Å². The molecule has 0 aliphatic heterocycles. The van der Waals surface area contributed by atoms with Gasteiger partial charge < -0.3 is 5.73 Å². The Morgan fingerprint density at radius 1 is 1.12 bits per heavy atom. The van der Waals surface area contributed by atoms with Crippen LogP contribution >= 0.6 is 0 Å². The molecule has 2 nitrogen and oxygen atoms in total. The molecule has 0 aliphatic carbocycles. The fourth-order valence-electron chi connectivity index (χ4n) is 1.81. The van der Waals surface area contributed by atoms with Crippen molar-refractivity contribution in [1.29, 1.82) is 0 Å². The lowest BCUT2D eigenvalue weighted by molar-refractivity contribution is 0.906. The summed E-state index contributed by atoms with van der Waals surface area (Å²) in [5.74, 6) is 0. The normalized spacial score (nSPS) is 10.3. The van der Waals surface area contributed by atoms with E-state index in [9.17, 15) is 0 Å². The average Bonchev–Trinajstić information content (AvgIpc) is 2.29. The monoisotopic (exact) mass is 212 g/mol. The van der Waals surface area contributed by atoms with Gasteiger partial charge in [-0.3, -0.25) is 4.98 Å². The highest BCUT2D eigenvalue weighted by molar-refractivity contribution is 5.44. The van der Waals surface area contributed by atoms with Crippen LogP contribution in [-0.4, -0.2) is 4.98 Å². The van der Waals surface area contributed by atoms with Gasteiger partial charge in [-0.1, -0.05) is 12.1 Å². The maximum atomic E-state index is 5.72. The highest BCUT2D eigenvalue weighted by atomic mass is 14.7. The number of benzene rings is 1. The predicted octanol–water partition coefficient (Wildman–Crippen LogP) is 2.76. The minimum atomic E-state index is 0.832. The standard InChI is InChI=1S/C14H16N2/c1-11-10-13(15)7-5-12(11)6-8-14-4-2-3-9-16-14/h2-5,7,9-10H,6,8,15H2,1H3. The Balaban J connectivity index is 2.05. The molecule has 0 saturated carbocycles. The van der Waals surface area contributed by atoms with Crippen molar-refractivity contribution in [2.45, 2.75) is 19.8 Å². The summed E-state index contributed by atoms with van der Waals surface area (Å²) in [6, 6.07) is 12.1. The van der Waals surface area contributed by atoms with E-state index in [0.29, 0.717) is 0 Å². The molecule has 0 atom stereocenters. The van der Waals surface area contributed by atoms with Crippen LogP contribution in [0.25, 0.3) is 0 Å². The molecule has 0 spiro atoms. The van der Waals surface area contributed by atoms with Gasteiger partial charge in [0.25, 0.3) is 0 Å². The van der Waals surface area contributed by atoms with Crippen LogP contribution in [0.2, 0.25) is 0 Å². The smallest absolute Gasteiger partial charge is 0.0406 e. The van der Waals surface area contributed by atoms with E-state index >= 15 is 0 Å². The van der Waals surface area contributed by atoms with Crippen molar-refractivity contribution in [1.82, 2.24) is 4.98 Å². The minimum absolute atomic E-state index is 0.832. The van der Waals surface area contributed by atoms with Gasteiger partial charge in [-0.05, 0) is 55.2 Å². The zero-order chi connectivity index (χ0) is 11.4. The third kappa shape index (κ3) is 2.60. The summed E-state index contributed by atoms with van der Waals surface area (Å²) in [6.07, 6.45) is 3.83. The molecule has 0 fully saturated rings. The first-order valence-corrected chi connectivity index (χ1v) is 5.50. The topological polar surface area (TPSA) is 38.9 Å². The first kappa shape index (κ1) is 10.7. The van der Waals surface area contributed by atoms with Crippen molar-refractivity contribution in [3.8, 4) is 0 Å². The molecule has 82 valence electrons. The molecule has 1 aromatic carbocycles. The first-order valence-electron chi connectivity index (χ1n) is 5.50. The second-order valence-electron chi connectivity index (χ2n) is 4.01. The molecule has 1 aromatic heterocycles. The average molecular weight is 212 g/mol. The number of rotatable bonds is 3. The molecule has 0 amide bonds. The van der Waals surface area contributed by atoms with E-state index in [2.05, 4.69) is 24.0 Å². The molecule has 0 radical (unpaired) electrons. The van der Waals surface area contributed by atoms with Crippen LogP contribution in [-0.2, 0) is 12.8 Å². The quantitative estimate of drug-likeness (QED) is 0.794. The number of nitrogens with zero attached hydrogens (tertiary/aromatic N) is 1. The largest absolute Gasteiger partial charge is 0.399 e. The van der Waals surface area contributed by atoms with Crippen molar-refractivity contribution in [2.75, 3.05) is 5.73 Å². The Labute approximate surface area is 96.1 Å². The van der Waals surface area contributed by atoms with Gasteiger partial charge in [0.1, 0.15) is 0 Å². The van der Waals surface area contributed by atoms with Crippen LogP contribution < -0.4 is 5.73 Å². The minimum Gasteiger partial charge on any atom is -0.399 e. The SMILES string of the molecule is Cc1cc(N)ccc1CCc1ccccn1. The van der Waals surface area contributed by atoms with Crippen molar-refractivity contribution in [2.24, 2.45) is 0 Å². The number of pyridine rings is 1. The summed E-state index contributed by atoms with van der Waals surface area (Å²) in [7, 11) is 0. The van der Waals surface area contributed by atoms with E-state index in [1.165, 1.54) is 11.1 Å². The van der Waals surface area contributed by atoms with Gasteiger partial charge in [0, 0.05) is 17.6 Å². The van der Waals surface area contributed by atoms with Gasteiger partial charge in [-0.25, -0.2) is 0 Å². The Morgan fingerprint density at radius 2 is 2.00 bits per heavy atom. The molecular weight excluding hydrogens is 196 g/mol. The molecule has 0 unspecified atom stereocenters. The molecule has 1 heterocycles. The number of aryl methyl sites for hydroxylation is 3. The van der Waals surface area contributed by atoms with Gasteiger partial charge in [-0.15, -0.1) is 0 Å². The molecule has 2 heteroatoms. The third-order valence-electron chi connectivity index (χ3n) is 2.74. The lowest BCUT2D eigenvalue weighted by Gasteiger charge is -2.06. The van der Waals surface area contributed by atoms with Crippen LogP contribution in [0.3, 0.4) is 0 Å². The molecule has 0 bridgehead atoms. The molecule has 0 saturated heterocycles. The van der Waals surface area contributed by atoms with E-state index in [-0.39, 0.29) is 0 Å². The molecule has 2 N–H and O–H groups in total. The fraction of sp³-hybridized carbons (Fsp3) is 0.214.